The summed E-state index contributed by atoms with van der Waals surface area (Å²) in [7, 11) is 0. The van der Waals surface area contributed by atoms with Crippen molar-refractivity contribution in [2.24, 2.45) is 0 Å². The maximum atomic E-state index is 11.4. The molecular weight excluding hydrogens is 200 g/mol. The van der Waals surface area contributed by atoms with Gasteiger partial charge in [-0.1, -0.05) is 13.0 Å². The van der Waals surface area contributed by atoms with E-state index in [1.807, 2.05) is 19.1 Å². The molecule has 0 spiro atoms. The number of hydrogen-bond acceptors (Lipinski definition) is 2. The Bertz CT molecular complexity index is 341. The smallest absolute Gasteiger partial charge is 0.239 e. The Hall–Kier alpha value is -1.51. The highest BCUT2D eigenvalue weighted by atomic mass is 16.1. The molecule has 0 aliphatic heterocycles. The Kier molecular flexibility index (Phi) is 4.83. The zero-order valence-corrected chi connectivity index (χ0v) is 10.3. The largest absolute Gasteiger partial charge is 0.376 e. The summed E-state index contributed by atoms with van der Waals surface area (Å²) in [6.45, 7) is 7.22. The molecule has 16 heavy (non-hydrogen) atoms. The highest BCUT2D eigenvalue weighted by molar-refractivity contribution is 5.80. The van der Waals surface area contributed by atoms with Crippen LogP contribution in [0.2, 0.25) is 0 Å². The zero-order valence-electron chi connectivity index (χ0n) is 10.3. The van der Waals surface area contributed by atoms with E-state index in [0.717, 1.165) is 18.7 Å². The lowest BCUT2D eigenvalue weighted by Gasteiger charge is -2.08. The molecule has 1 amide bonds. The standard InChI is InChI=1S/C13H20N2O/c1-4-5-14-13(16)9-15-12-7-10(2)6-11(3)8-12/h6-8,15H,4-5,9H2,1-3H3,(H,14,16). The van der Waals surface area contributed by atoms with E-state index in [9.17, 15) is 4.79 Å². The highest BCUT2D eigenvalue weighted by Gasteiger charge is 2.00. The summed E-state index contributed by atoms with van der Waals surface area (Å²) in [6.07, 6.45) is 0.968. The molecule has 0 fully saturated rings. The van der Waals surface area contributed by atoms with Crippen molar-refractivity contribution in [3.05, 3.63) is 29.3 Å². The fraction of sp³-hybridized carbons (Fsp3) is 0.462. The van der Waals surface area contributed by atoms with Crippen molar-refractivity contribution in [1.82, 2.24) is 5.32 Å². The quantitative estimate of drug-likeness (QED) is 0.799. The van der Waals surface area contributed by atoms with Gasteiger partial charge in [0.25, 0.3) is 0 Å². The SMILES string of the molecule is CCCNC(=O)CNc1cc(C)cc(C)c1. The van der Waals surface area contributed by atoms with Gasteiger partial charge in [0.2, 0.25) is 5.91 Å². The first-order chi connectivity index (χ1) is 7.61. The van der Waals surface area contributed by atoms with E-state index in [4.69, 9.17) is 0 Å². The molecule has 3 heteroatoms. The number of carbonyl (C=O) groups excluding carboxylic acids is 1. The lowest BCUT2D eigenvalue weighted by Crippen LogP contribution is -2.30. The second kappa shape index (κ2) is 6.16. The monoisotopic (exact) mass is 220 g/mol. The lowest BCUT2D eigenvalue weighted by atomic mass is 10.1. The van der Waals surface area contributed by atoms with Crippen molar-refractivity contribution < 1.29 is 4.79 Å². The number of aryl methyl sites for hydroxylation is 2. The van der Waals surface area contributed by atoms with Crippen molar-refractivity contribution in [3.8, 4) is 0 Å². The van der Waals surface area contributed by atoms with Gasteiger partial charge in [0.15, 0.2) is 0 Å². The van der Waals surface area contributed by atoms with Gasteiger partial charge in [0, 0.05) is 12.2 Å². The maximum Gasteiger partial charge on any atom is 0.239 e. The topological polar surface area (TPSA) is 41.1 Å². The van der Waals surface area contributed by atoms with Crippen LogP contribution in [-0.4, -0.2) is 19.0 Å². The summed E-state index contributed by atoms with van der Waals surface area (Å²) in [5.41, 5.74) is 3.41. The van der Waals surface area contributed by atoms with Crippen molar-refractivity contribution in [2.45, 2.75) is 27.2 Å². The molecule has 0 atom stereocenters. The number of hydrogen-bond donors (Lipinski definition) is 2. The van der Waals surface area contributed by atoms with Crippen LogP contribution in [0.1, 0.15) is 24.5 Å². The highest BCUT2D eigenvalue weighted by Crippen LogP contribution is 2.13. The van der Waals surface area contributed by atoms with Gasteiger partial charge in [-0.25, -0.2) is 0 Å². The number of carbonyl (C=O) groups is 1. The third-order valence-electron chi connectivity index (χ3n) is 2.25. The van der Waals surface area contributed by atoms with Gasteiger partial charge >= 0.3 is 0 Å². The van der Waals surface area contributed by atoms with Crippen LogP contribution >= 0.6 is 0 Å². The number of anilines is 1. The van der Waals surface area contributed by atoms with Crippen molar-refractivity contribution in [2.75, 3.05) is 18.4 Å². The summed E-state index contributed by atoms with van der Waals surface area (Å²) in [4.78, 5) is 11.4. The molecule has 0 saturated carbocycles. The molecule has 0 aliphatic carbocycles. The number of benzene rings is 1. The Morgan fingerprint density at radius 3 is 2.38 bits per heavy atom. The fourth-order valence-corrected chi connectivity index (χ4v) is 1.59. The second-order valence-electron chi connectivity index (χ2n) is 4.08. The van der Waals surface area contributed by atoms with Crippen molar-refractivity contribution in [3.63, 3.8) is 0 Å². The molecule has 1 aromatic carbocycles. The van der Waals surface area contributed by atoms with Gasteiger partial charge in [0.05, 0.1) is 6.54 Å². The van der Waals surface area contributed by atoms with E-state index in [1.165, 1.54) is 11.1 Å². The third-order valence-corrected chi connectivity index (χ3v) is 2.25. The molecule has 1 rings (SSSR count). The van der Waals surface area contributed by atoms with Crippen LogP contribution in [0.25, 0.3) is 0 Å². The van der Waals surface area contributed by atoms with E-state index < -0.39 is 0 Å². The van der Waals surface area contributed by atoms with Gasteiger partial charge in [-0.15, -0.1) is 0 Å². The molecule has 0 radical (unpaired) electrons. The molecule has 88 valence electrons. The Balaban J connectivity index is 2.45. The first-order valence-corrected chi connectivity index (χ1v) is 5.70. The predicted octanol–water partition coefficient (Wildman–Crippen LogP) is 2.24. The maximum absolute atomic E-state index is 11.4. The minimum atomic E-state index is 0.0426. The van der Waals surface area contributed by atoms with Crippen LogP contribution in [0.15, 0.2) is 18.2 Å². The van der Waals surface area contributed by atoms with E-state index >= 15 is 0 Å². The molecule has 0 saturated heterocycles. The molecule has 0 unspecified atom stereocenters. The fourth-order valence-electron chi connectivity index (χ4n) is 1.59. The van der Waals surface area contributed by atoms with E-state index in [1.54, 1.807) is 0 Å². The van der Waals surface area contributed by atoms with E-state index in [2.05, 4.69) is 30.5 Å². The summed E-state index contributed by atoms with van der Waals surface area (Å²) >= 11 is 0. The van der Waals surface area contributed by atoms with Crippen LogP contribution in [0.5, 0.6) is 0 Å². The molecule has 1 aromatic rings. The number of amides is 1. The molecule has 0 bridgehead atoms. The zero-order chi connectivity index (χ0) is 12.0. The van der Waals surface area contributed by atoms with Crippen LogP contribution < -0.4 is 10.6 Å². The molecule has 0 aromatic heterocycles. The van der Waals surface area contributed by atoms with Crippen LogP contribution in [0, 0.1) is 13.8 Å². The van der Waals surface area contributed by atoms with Gasteiger partial charge < -0.3 is 10.6 Å². The first kappa shape index (κ1) is 12.6. The van der Waals surface area contributed by atoms with Crippen molar-refractivity contribution >= 4 is 11.6 Å². The average molecular weight is 220 g/mol. The lowest BCUT2D eigenvalue weighted by molar-refractivity contribution is -0.119. The Morgan fingerprint density at radius 2 is 1.81 bits per heavy atom. The van der Waals surface area contributed by atoms with Crippen LogP contribution in [0.4, 0.5) is 5.69 Å². The van der Waals surface area contributed by atoms with Gasteiger partial charge in [-0.3, -0.25) is 4.79 Å². The van der Waals surface area contributed by atoms with Gasteiger partial charge in [-0.2, -0.15) is 0 Å². The molecule has 0 aliphatic rings. The summed E-state index contributed by atoms with van der Waals surface area (Å²) < 4.78 is 0. The normalized spacial score (nSPS) is 9.94. The Morgan fingerprint density at radius 1 is 1.19 bits per heavy atom. The van der Waals surface area contributed by atoms with Crippen LogP contribution in [-0.2, 0) is 4.79 Å². The minimum absolute atomic E-state index is 0.0426. The van der Waals surface area contributed by atoms with E-state index in [-0.39, 0.29) is 5.91 Å². The number of rotatable bonds is 5. The van der Waals surface area contributed by atoms with Gasteiger partial charge in [-0.05, 0) is 43.5 Å². The molecule has 0 heterocycles. The average Bonchev–Trinajstić information content (AvgIpc) is 2.22. The van der Waals surface area contributed by atoms with Crippen molar-refractivity contribution in [1.29, 1.82) is 0 Å². The predicted molar refractivity (Wildman–Crippen MR) is 67.7 cm³/mol. The third kappa shape index (κ3) is 4.34. The summed E-state index contributed by atoms with van der Waals surface area (Å²) in [5.74, 6) is 0.0426. The van der Waals surface area contributed by atoms with Crippen LogP contribution in [0.3, 0.4) is 0 Å². The van der Waals surface area contributed by atoms with Gasteiger partial charge in [0.1, 0.15) is 0 Å². The molecular formula is C13H20N2O. The number of nitrogens with one attached hydrogen (secondary N) is 2. The first-order valence-electron chi connectivity index (χ1n) is 5.70. The molecule has 3 nitrogen and oxygen atoms in total. The molecule has 2 N–H and O–H groups in total. The summed E-state index contributed by atoms with van der Waals surface area (Å²) in [5, 5.41) is 5.95. The minimum Gasteiger partial charge on any atom is -0.376 e. The van der Waals surface area contributed by atoms with E-state index in [0.29, 0.717) is 6.54 Å². The second-order valence-corrected chi connectivity index (χ2v) is 4.08. The Labute approximate surface area is 97.2 Å². The summed E-state index contributed by atoms with van der Waals surface area (Å²) in [6, 6.07) is 6.20.